The number of nitrogens with one attached hydrogen (secondary N) is 1. The smallest absolute Gasteiger partial charge is 0.406 e. The highest BCUT2D eigenvalue weighted by molar-refractivity contribution is 6.01. The van der Waals surface area contributed by atoms with Crippen LogP contribution in [0, 0.1) is 0 Å². The van der Waals surface area contributed by atoms with Crippen molar-refractivity contribution < 1.29 is 23.0 Å². The van der Waals surface area contributed by atoms with E-state index in [1.165, 1.54) is 12.4 Å². The molecule has 0 aromatic heterocycles. The van der Waals surface area contributed by atoms with Crippen LogP contribution in [0.1, 0.15) is 13.3 Å². The first-order valence-electron chi connectivity index (χ1n) is 7.40. The summed E-state index contributed by atoms with van der Waals surface area (Å²) in [6.45, 7) is 5.03. The average molecular weight is 355 g/mol. The number of hydrogen-bond donors (Lipinski definition) is 2. The molecule has 1 aliphatic carbocycles. The molecular formula is C17H20F3N3O2. The van der Waals surface area contributed by atoms with Gasteiger partial charge >= 0.3 is 6.36 Å². The lowest BCUT2D eigenvalue weighted by molar-refractivity contribution is -0.303. The number of aliphatic hydroxyl groups excluding tert-OH is 1. The molecule has 2 N–H and O–H groups in total. The molecule has 0 radical (unpaired) electrons. The third-order valence-electron chi connectivity index (χ3n) is 2.88. The first kappa shape index (κ1) is 20.4. The van der Waals surface area contributed by atoms with E-state index in [-0.39, 0.29) is 13.3 Å². The quantitative estimate of drug-likeness (QED) is 0.304. The van der Waals surface area contributed by atoms with Crippen LogP contribution in [-0.2, 0) is 4.74 Å². The van der Waals surface area contributed by atoms with Gasteiger partial charge < -0.3 is 15.2 Å². The van der Waals surface area contributed by atoms with E-state index in [1.54, 1.807) is 19.1 Å². The van der Waals surface area contributed by atoms with Gasteiger partial charge in [-0.15, -0.1) is 13.2 Å². The second-order valence-corrected chi connectivity index (χ2v) is 4.83. The van der Waals surface area contributed by atoms with Gasteiger partial charge in [-0.2, -0.15) is 0 Å². The maximum absolute atomic E-state index is 12.0. The van der Waals surface area contributed by atoms with Gasteiger partial charge in [0.05, 0.1) is 6.61 Å². The summed E-state index contributed by atoms with van der Waals surface area (Å²) in [5, 5.41) is 12.0. The molecule has 0 saturated heterocycles. The minimum Gasteiger partial charge on any atom is -0.406 e. The number of nitrogens with zero attached hydrogens (tertiary/aromatic N) is 2. The first-order valence-corrected chi connectivity index (χ1v) is 7.40. The summed E-state index contributed by atoms with van der Waals surface area (Å²) in [5.41, 5.74) is 2.11. The van der Waals surface area contributed by atoms with Gasteiger partial charge in [-0.1, -0.05) is 24.8 Å². The standard InChI is InChI=1S/C17H20F3N3O2/c1-3-15(8-7-13(2)25-17(18,19)20)22-11-21-12-23-16-6-4-5-14(9-16)10-24/h3-5,7-9,12,22,24H,2,6,10-11H2,1H3/b8-7-,15-3+,21-12?,23-16?. The normalized spacial score (nSPS) is 17.4. The zero-order chi connectivity index (χ0) is 18.7. The van der Waals surface area contributed by atoms with Crippen LogP contribution in [0.3, 0.4) is 0 Å². The number of aliphatic imine (C=N–C) groups is 2. The molecule has 0 bridgehead atoms. The second kappa shape index (κ2) is 10.3. The van der Waals surface area contributed by atoms with Crippen molar-refractivity contribution in [3.8, 4) is 0 Å². The van der Waals surface area contributed by atoms with Crippen molar-refractivity contribution in [2.45, 2.75) is 19.7 Å². The zero-order valence-corrected chi connectivity index (χ0v) is 13.8. The summed E-state index contributed by atoms with van der Waals surface area (Å²) in [6, 6.07) is 0. The Morgan fingerprint density at radius 2 is 2.20 bits per heavy atom. The molecule has 5 nitrogen and oxygen atoms in total. The molecule has 0 fully saturated rings. The molecule has 0 atom stereocenters. The molecular weight excluding hydrogens is 335 g/mol. The first-order chi connectivity index (χ1) is 11.8. The van der Waals surface area contributed by atoms with Gasteiger partial charge in [-0.3, -0.25) is 4.99 Å². The molecule has 1 aliphatic rings. The van der Waals surface area contributed by atoms with Gasteiger partial charge in [0, 0.05) is 17.8 Å². The highest BCUT2D eigenvalue weighted by Crippen LogP contribution is 2.20. The SMILES string of the molecule is C=C(/C=C\C(=C/C)NCN=CN=C1C=C(CO)C=CC1)OC(F)(F)F. The maximum atomic E-state index is 12.0. The Bertz CT molecular complexity index is 642. The Morgan fingerprint density at radius 1 is 1.44 bits per heavy atom. The van der Waals surface area contributed by atoms with Crippen molar-refractivity contribution in [2.75, 3.05) is 13.3 Å². The largest absolute Gasteiger partial charge is 0.573 e. The Labute approximate surface area is 144 Å². The Kier molecular flexibility index (Phi) is 8.42. The van der Waals surface area contributed by atoms with Crippen LogP contribution in [0.5, 0.6) is 0 Å². The summed E-state index contributed by atoms with van der Waals surface area (Å²) in [4.78, 5) is 8.21. The van der Waals surface area contributed by atoms with Gasteiger partial charge in [-0.25, -0.2) is 4.99 Å². The fourth-order valence-electron chi connectivity index (χ4n) is 1.76. The zero-order valence-electron chi connectivity index (χ0n) is 13.8. The van der Waals surface area contributed by atoms with E-state index in [9.17, 15) is 13.2 Å². The third-order valence-corrected chi connectivity index (χ3v) is 2.88. The van der Waals surface area contributed by atoms with Crippen molar-refractivity contribution in [3.05, 3.63) is 60.1 Å². The Balaban J connectivity index is 2.44. The van der Waals surface area contributed by atoms with Gasteiger partial charge in [0.2, 0.25) is 0 Å². The summed E-state index contributed by atoms with van der Waals surface area (Å²) in [6.07, 6.45) is 6.98. The van der Waals surface area contributed by atoms with Crippen LogP contribution in [0.4, 0.5) is 13.2 Å². The molecule has 0 unspecified atom stereocenters. The number of aliphatic hydroxyl groups is 1. The lowest BCUT2D eigenvalue weighted by Gasteiger charge is -2.08. The highest BCUT2D eigenvalue weighted by Gasteiger charge is 2.30. The van der Waals surface area contributed by atoms with Crippen LogP contribution < -0.4 is 5.32 Å². The van der Waals surface area contributed by atoms with Crippen LogP contribution in [-0.4, -0.2) is 36.8 Å². The van der Waals surface area contributed by atoms with Crippen LogP contribution >= 0.6 is 0 Å². The Hall–Kier alpha value is -2.61. The van der Waals surface area contributed by atoms with Gasteiger partial charge in [-0.05, 0) is 30.7 Å². The highest BCUT2D eigenvalue weighted by atomic mass is 19.4. The van der Waals surface area contributed by atoms with E-state index >= 15 is 0 Å². The summed E-state index contributed by atoms with van der Waals surface area (Å²) in [7, 11) is 0. The molecule has 1 rings (SSSR count). The van der Waals surface area contributed by atoms with Crippen LogP contribution in [0.15, 0.2) is 70.0 Å². The van der Waals surface area contributed by atoms with E-state index in [2.05, 4.69) is 26.6 Å². The predicted molar refractivity (Wildman–Crippen MR) is 92.0 cm³/mol. The molecule has 0 aromatic rings. The van der Waals surface area contributed by atoms with E-state index in [4.69, 9.17) is 5.11 Å². The van der Waals surface area contributed by atoms with Crippen molar-refractivity contribution in [1.29, 1.82) is 0 Å². The minimum absolute atomic E-state index is 0.0471. The molecule has 0 aliphatic heterocycles. The van der Waals surface area contributed by atoms with Crippen molar-refractivity contribution >= 4 is 12.1 Å². The molecule has 25 heavy (non-hydrogen) atoms. The monoisotopic (exact) mass is 355 g/mol. The van der Waals surface area contributed by atoms with Crippen molar-refractivity contribution in [1.82, 2.24) is 5.32 Å². The maximum Gasteiger partial charge on any atom is 0.573 e. The number of alkyl halides is 3. The molecule has 0 spiro atoms. The number of halogens is 3. The van der Waals surface area contributed by atoms with Crippen molar-refractivity contribution in [2.24, 2.45) is 9.98 Å². The summed E-state index contributed by atoms with van der Waals surface area (Å²) < 4.78 is 39.6. The third kappa shape index (κ3) is 9.31. The number of ether oxygens (including phenoxy) is 1. The van der Waals surface area contributed by atoms with Crippen LogP contribution in [0.2, 0.25) is 0 Å². The van der Waals surface area contributed by atoms with Gasteiger partial charge in [0.1, 0.15) is 18.8 Å². The van der Waals surface area contributed by atoms with E-state index in [1.807, 2.05) is 12.2 Å². The predicted octanol–water partition coefficient (Wildman–Crippen LogP) is 3.39. The van der Waals surface area contributed by atoms with Gasteiger partial charge in [0.15, 0.2) is 0 Å². The number of hydrogen-bond acceptors (Lipinski definition) is 4. The Morgan fingerprint density at radius 3 is 2.84 bits per heavy atom. The fraction of sp³-hybridized carbons (Fsp3) is 0.294. The lowest BCUT2D eigenvalue weighted by Crippen LogP contribution is -2.13. The molecule has 0 aromatic carbocycles. The fourth-order valence-corrected chi connectivity index (χ4v) is 1.76. The minimum atomic E-state index is -4.76. The molecule has 0 amide bonds. The molecule has 0 heterocycles. The number of allylic oxidation sites excluding steroid dienone is 5. The molecule has 0 saturated carbocycles. The van der Waals surface area contributed by atoms with E-state index < -0.39 is 12.1 Å². The van der Waals surface area contributed by atoms with Crippen LogP contribution in [0.25, 0.3) is 0 Å². The lowest BCUT2D eigenvalue weighted by atomic mass is 10.1. The summed E-state index contributed by atoms with van der Waals surface area (Å²) in [5.74, 6) is -0.514. The second-order valence-electron chi connectivity index (χ2n) is 4.83. The van der Waals surface area contributed by atoms with Crippen molar-refractivity contribution in [3.63, 3.8) is 0 Å². The van der Waals surface area contributed by atoms with E-state index in [0.717, 1.165) is 17.4 Å². The van der Waals surface area contributed by atoms with E-state index in [0.29, 0.717) is 12.1 Å². The molecule has 136 valence electrons. The topological polar surface area (TPSA) is 66.2 Å². The summed E-state index contributed by atoms with van der Waals surface area (Å²) >= 11 is 0. The van der Waals surface area contributed by atoms with Gasteiger partial charge in [0.25, 0.3) is 0 Å². The number of rotatable bonds is 8. The molecule has 8 heteroatoms. The average Bonchev–Trinajstić information content (AvgIpc) is 2.56.